The van der Waals surface area contributed by atoms with E-state index in [2.05, 4.69) is 41.5 Å². The first-order valence-electron chi connectivity index (χ1n) is 15.3. The Morgan fingerprint density at radius 1 is 0.780 bits per heavy atom. The summed E-state index contributed by atoms with van der Waals surface area (Å²) in [7, 11) is -9.83. The predicted octanol–water partition coefficient (Wildman–Crippen LogP) is 0.0525. The van der Waals surface area contributed by atoms with Gasteiger partial charge in [-0.25, -0.2) is 16.8 Å². The average molecular weight is 637 g/mol. The smallest absolute Gasteiger partial charge is 0.726 e. The quantitative estimate of drug-likeness (QED) is 0.187. The van der Waals surface area contributed by atoms with Gasteiger partial charge < -0.3 is 9.11 Å². The fourth-order valence-electron chi connectivity index (χ4n) is 10.4. The number of fused-ring (bicyclic) bond motifs is 5. The second-order valence-electron chi connectivity index (χ2n) is 14.4. The largest absolute Gasteiger partial charge is 1.00 e. The van der Waals surface area contributed by atoms with Crippen molar-refractivity contribution in [1.29, 1.82) is 0 Å². The van der Waals surface area contributed by atoms with Crippen LogP contribution in [0.25, 0.3) is 0 Å². The van der Waals surface area contributed by atoms with Crippen LogP contribution < -0.4 is 59.1 Å². The molecule has 0 radical (unpaired) electrons. The first kappa shape index (κ1) is 38.9. The minimum atomic E-state index is -4.95. The van der Waals surface area contributed by atoms with Crippen molar-refractivity contribution in [3.63, 3.8) is 0 Å². The van der Waals surface area contributed by atoms with Crippen molar-refractivity contribution >= 4 is 20.8 Å². The van der Waals surface area contributed by atoms with Crippen molar-refractivity contribution in [1.82, 2.24) is 0 Å². The van der Waals surface area contributed by atoms with E-state index in [1.807, 2.05) is 0 Å². The Morgan fingerprint density at radius 3 is 1.93 bits per heavy atom. The molecule has 4 saturated carbocycles. The fraction of sp³-hybridized carbons (Fsp3) is 1.00. The zero-order valence-corrected chi connectivity index (χ0v) is 32.3. The van der Waals surface area contributed by atoms with Gasteiger partial charge in [0, 0.05) is 0 Å². The molecule has 0 aromatic carbocycles. The minimum Gasteiger partial charge on any atom is -0.726 e. The monoisotopic (exact) mass is 636 g/mol. The summed E-state index contributed by atoms with van der Waals surface area (Å²) in [5, 5.41) is 0. The van der Waals surface area contributed by atoms with Gasteiger partial charge in [0.15, 0.2) is 0 Å². The van der Waals surface area contributed by atoms with Crippen LogP contribution in [0.15, 0.2) is 0 Å². The van der Waals surface area contributed by atoms with E-state index >= 15 is 0 Å². The van der Waals surface area contributed by atoms with Crippen LogP contribution in [-0.4, -0.2) is 38.1 Å². The molecule has 4 fully saturated rings. The van der Waals surface area contributed by atoms with Crippen LogP contribution in [0.1, 0.15) is 112 Å². The van der Waals surface area contributed by atoms with E-state index in [1.165, 1.54) is 25.7 Å². The van der Waals surface area contributed by atoms with Crippen LogP contribution in [0.5, 0.6) is 0 Å². The molecule has 4 aliphatic carbocycles. The van der Waals surface area contributed by atoms with E-state index in [9.17, 15) is 25.9 Å². The van der Waals surface area contributed by atoms with E-state index in [1.54, 1.807) is 0 Å². The third-order valence-corrected chi connectivity index (χ3v) is 13.3. The maximum Gasteiger partial charge on any atom is 1.00 e. The molecule has 0 amide bonds. The van der Waals surface area contributed by atoms with Crippen molar-refractivity contribution in [3.05, 3.63) is 0 Å². The number of hydrogen-bond donors (Lipinski definition) is 0. The van der Waals surface area contributed by atoms with Crippen LogP contribution in [0.3, 0.4) is 0 Å². The molecule has 0 aromatic heterocycles. The average Bonchev–Trinajstić information content (AvgIpc) is 3.15. The molecule has 8 nitrogen and oxygen atoms in total. The van der Waals surface area contributed by atoms with Gasteiger partial charge in [-0.3, -0.25) is 8.37 Å². The molecule has 0 unspecified atom stereocenters. The fourth-order valence-corrected chi connectivity index (χ4v) is 11.4. The van der Waals surface area contributed by atoms with Crippen molar-refractivity contribution in [2.75, 3.05) is 0 Å². The van der Waals surface area contributed by atoms with E-state index in [4.69, 9.17) is 8.37 Å². The summed E-state index contributed by atoms with van der Waals surface area (Å²) in [5.74, 6) is 3.41. The van der Waals surface area contributed by atoms with Gasteiger partial charge in [0.05, 0.1) is 12.2 Å². The molecule has 0 aromatic rings. The van der Waals surface area contributed by atoms with E-state index in [0.29, 0.717) is 48.9 Å². The van der Waals surface area contributed by atoms with Gasteiger partial charge >= 0.3 is 59.1 Å². The van der Waals surface area contributed by atoms with Crippen LogP contribution in [0, 0.1) is 58.2 Å². The summed E-state index contributed by atoms with van der Waals surface area (Å²) in [5.41, 5.74) is -0.122. The molecule has 0 N–H and O–H groups in total. The van der Waals surface area contributed by atoms with Gasteiger partial charge in [0.25, 0.3) is 0 Å². The molecular weight excluding hydrogens is 586 g/mol. The molecule has 228 valence electrons. The van der Waals surface area contributed by atoms with Crippen molar-refractivity contribution in [2.45, 2.75) is 124 Å². The standard InChI is InChI=1S/C29H52O8S2.2Na/c1-7-20(18(2)3)9-8-19(4)23-10-11-24-22-17-27(37-39(33,34)35)26-16-21(36-38(30,31)32)12-14-29(26,6)25(22)13-15-28(23,24)5;;/h18-27H,7-17H2,1-6H3,(H,30,31,32)(H,33,34,35);;/q;2*+1/p-2/t19-,20-,21+,22+,23-,24+,25+,26-,27-,28-,29-;;/m1../s1. The predicted molar refractivity (Wildman–Crippen MR) is 147 cm³/mol. The Labute approximate surface area is 294 Å². The third kappa shape index (κ3) is 8.56. The summed E-state index contributed by atoms with van der Waals surface area (Å²) in [6, 6.07) is 0. The Bertz CT molecular complexity index is 1090. The molecule has 4 rings (SSSR count). The van der Waals surface area contributed by atoms with E-state index in [-0.39, 0.29) is 88.2 Å². The first-order chi connectivity index (χ1) is 18.0. The van der Waals surface area contributed by atoms with Gasteiger partial charge in [-0.1, -0.05) is 54.4 Å². The minimum absolute atomic E-state index is 0. The molecule has 41 heavy (non-hydrogen) atoms. The zero-order valence-electron chi connectivity index (χ0n) is 26.6. The molecular formula is C29H50Na2O8S2. The number of hydrogen-bond acceptors (Lipinski definition) is 8. The molecule has 4 aliphatic rings. The summed E-state index contributed by atoms with van der Waals surface area (Å²) in [4.78, 5) is 0. The van der Waals surface area contributed by atoms with Gasteiger partial charge in [0.1, 0.15) is 0 Å². The van der Waals surface area contributed by atoms with Crippen LogP contribution >= 0.6 is 0 Å². The summed E-state index contributed by atoms with van der Waals surface area (Å²) >= 11 is 0. The first-order valence-corrected chi connectivity index (χ1v) is 17.9. The summed E-state index contributed by atoms with van der Waals surface area (Å²) in [6.45, 7) is 14.0. The Kier molecular flexibility index (Phi) is 13.9. The Hall–Kier alpha value is 1.74. The van der Waals surface area contributed by atoms with E-state index in [0.717, 1.165) is 25.2 Å². The second kappa shape index (κ2) is 14.7. The topological polar surface area (TPSA) is 133 Å². The van der Waals surface area contributed by atoms with Crippen molar-refractivity contribution in [2.24, 2.45) is 58.2 Å². The van der Waals surface area contributed by atoms with E-state index < -0.39 is 33.0 Å². The summed E-state index contributed by atoms with van der Waals surface area (Å²) in [6.07, 6.45) is 8.29. The molecule has 0 bridgehead atoms. The SMILES string of the molecule is CC[C@H](CC[C@@H](C)[C@H]1CC[C@H]2[C@@H]3C[C@@H](OS(=O)(=O)[O-])[C@H]4C[C@@H](OS(=O)(=O)[O-])CC[C@]4(C)[C@H]3CC[C@]12C)C(C)C.[Na+].[Na+]. The van der Waals surface area contributed by atoms with Crippen molar-refractivity contribution in [3.8, 4) is 0 Å². The van der Waals surface area contributed by atoms with Gasteiger partial charge in [-0.15, -0.1) is 0 Å². The Balaban J connectivity index is 0.00000294. The zero-order chi connectivity index (χ0) is 29.0. The molecule has 11 atom stereocenters. The molecule has 0 aliphatic heterocycles. The van der Waals surface area contributed by atoms with Gasteiger partial charge in [-0.2, -0.15) is 0 Å². The Morgan fingerprint density at radius 2 is 1.37 bits per heavy atom. The second-order valence-corrected chi connectivity index (χ2v) is 16.4. The van der Waals surface area contributed by atoms with Crippen molar-refractivity contribution < 1.29 is 93.4 Å². The van der Waals surface area contributed by atoms with Gasteiger partial charge in [0.2, 0.25) is 20.8 Å². The molecule has 12 heteroatoms. The molecule has 0 saturated heterocycles. The summed E-state index contributed by atoms with van der Waals surface area (Å²) < 4.78 is 79.4. The van der Waals surface area contributed by atoms with Crippen LogP contribution in [0.4, 0.5) is 0 Å². The molecule has 0 spiro atoms. The molecule has 0 heterocycles. The normalized spacial score (nSPS) is 40.4. The maximum atomic E-state index is 11.8. The third-order valence-electron chi connectivity index (χ3n) is 12.3. The van der Waals surface area contributed by atoms with Gasteiger partial charge in [-0.05, 0) is 116 Å². The number of rotatable bonds is 10. The van der Waals surface area contributed by atoms with Crippen LogP contribution in [0.2, 0.25) is 0 Å². The maximum absolute atomic E-state index is 11.8. The van der Waals surface area contributed by atoms with Crippen LogP contribution in [-0.2, 0) is 29.2 Å².